The first-order valence-electron chi connectivity index (χ1n) is 5.08. The Labute approximate surface area is 110 Å². The third-order valence-electron chi connectivity index (χ3n) is 2.63. The van der Waals surface area contributed by atoms with E-state index in [1.165, 1.54) is 10.7 Å². The number of nitrogens with zero attached hydrogens (tertiary/aromatic N) is 2. The highest BCUT2D eigenvalue weighted by Crippen LogP contribution is 2.30. The minimum absolute atomic E-state index is 0.107. The van der Waals surface area contributed by atoms with Gasteiger partial charge in [-0.2, -0.15) is 5.10 Å². The molecule has 0 saturated heterocycles. The summed E-state index contributed by atoms with van der Waals surface area (Å²) in [5.41, 5.74) is 7.30. The lowest BCUT2D eigenvalue weighted by molar-refractivity contribution is 0.602. The maximum Gasteiger partial charge on any atom is 0.176 e. The van der Waals surface area contributed by atoms with Crippen molar-refractivity contribution in [2.24, 2.45) is 7.05 Å². The topological polar surface area (TPSA) is 78.0 Å². The van der Waals surface area contributed by atoms with E-state index in [1.807, 2.05) is 0 Å². The summed E-state index contributed by atoms with van der Waals surface area (Å²) >= 11 is 5.98. The third-order valence-corrected chi connectivity index (χ3v) is 4.21. The van der Waals surface area contributed by atoms with Crippen molar-refractivity contribution in [1.29, 1.82) is 0 Å². The van der Waals surface area contributed by atoms with Crippen molar-refractivity contribution in [2.45, 2.75) is 4.90 Å². The number of anilines is 1. The molecule has 0 saturated carbocycles. The van der Waals surface area contributed by atoms with Crippen LogP contribution in [0.25, 0.3) is 11.1 Å². The van der Waals surface area contributed by atoms with E-state index in [0.717, 1.165) is 17.4 Å². The van der Waals surface area contributed by atoms with Gasteiger partial charge in [0.15, 0.2) is 9.84 Å². The number of hydrogen-bond acceptors (Lipinski definition) is 4. The number of nitrogens with two attached hydrogens (primary N) is 1. The molecule has 0 spiro atoms. The van der Waals surface area contributed by atoms with Crippen LogP contribution < -0.4 is 5.73 Å². The lowest BCUT2D eigenvalue weighted by Gasteiger charge is -2.05. The number of benzene rings is 1. The lowest BCUT2D eigenvalue weighted by Crippen LogP contribution is -1.99. The van der Waals surface area contributed by atoms with Crippen molar-refractivity contribution < 1.29 is 8.42 Å². The molecule has 0 bridgehead atoms. The highest BCUT2D eigenvalue weighted by molar-refractivity contribution is 7.90. The highest BCUT2D eigenvalue weighted by atomic mass is 35.5. The Morgan fingerprint density at radius 2 is 2.06 bits per heavy atom. The number of halogens is 1. The normalized spacial score (nSPS) is 11.7. The van der Waals surface area contributed by atoms with E-state index in [2.05, 4.69) is 5.10 Å². The number of nitrogen functional groups attached to an aromatic ring is 1. The number of rotatable bonds is 2. The maximum absolute atomic E-state index is 11.4. The summed E-state index contributed by atoms with van der Waals surface area (Å²) < 4.78 is 24.4. The molecule has 2 rings (SSSR count). The van der Waals surface area contributed by atoms with Crippen LogP contribution in [-0.4, -0.2) is 24.5 Å². The molecule has 2 N–H and O–H groups in total. The van der Waals surface area contributed by atoms with E-state index in [4.69, 9.17) is 17.3 Å². The van der Waals surface area contributed by atoms with Crippen molar-refractivity contribution in [3.05, 3.63) is 29.4 Å². The first-order chi connectivity index (χ1) is 8.30. The molecule has 1 aromatic heterocycles. The van der Waals surface area contributed by atoms with Gasteiger partial charge in [0.2, 0.25) is 0 Å². The molecule has 0 aliphatic heterocycles. The second-order valence-corrected chi connectivity index (χ2v) is 6.38. The van der Waals surface area contributed by atoms with Crippen LogP contribution >= 0.6 is 11.6 Å². The molecule has 18 heavy (non-hydrogen) atoms. The van der Waals surface area contributed by atoms with Crippen LogP contribution in [0.5, 0.6) is 0 Å². The number of aryl methyl sites for hydroxylation is 1. The maximum atomic E-state index is 11.4. The van der Waals surface area contributed by atoms with Crippen LogP contribution in [0.3, 0.4) is 0 Å². The second-order valence-electron chi connectivity index (χ2n) is 3.98. The largest absolute Gasteiger partial charge is 0.383 e. The molecule has 0 amide bonds. The number of hydrogen-bond donors (Lipinski definition) is 1. The van der Waals surface area contributed by atoms with Crippen molar-refractivity contribution in [1.82, 2.24) is 9.78 Å². The molecule has 0 fully saturated rings. The first kappa shape index (κ1) is 12.9. The van der Waals surface area contributed by atoms with E-state index in [-0.39, 0.29) is 9.92 Å². The second kappa shape index (κ2) is 4.29. The SMILES string of the molecule is Cn1ncc(-c2ccc(S(C)(=O)=O)c(Cl)c2)c1N. The van der Waals surface area contributed by atoms with Crippen LogP contribution in [0.4, 0.5) is 5.82 Å². The van der Waals surface area contributed by atoms with Crippen molar-refractivity contribution in [2.75, 3.05) is 12.0 Å². The molecule has 0 unspecified atom stereocenters. The summed E-state index contributed by atoms with van der Waals surface area (Å²) in [4.78, 5) is 0.107. The van der Waals surface area contributed by atoms with E-state index in [0.29, 0.717) is 5.82 Å². The van der Waals surface area contributed by atoms with Crippen LogP contribution in [0, 0.1) is 0 Å². The quantitative estimate of drug-likeness (QED) is 0.911. The van der Waals surface area contributed by atoms with Gasteiger partial charge in [-0.3, -0.25) is 4.68 Å². The van der Waals surface area contributed by atoms with Gasteiger partial charge in [0.1, 0.15) is 5.82 Å². The smallest absolute Gasteiger partial charge is 0.176 e. The number of aromatic nitrogens is 2. The molecule has 0 atom stereocenters. The molecule has 96 valence electrons. The molecule has 1 aromatic carbocycles. The standard InChI is InChI=1S/C11H12ClN3O2S/c1-15-11(13)8(6-14-15)7-3-4-10(9(12)5-7)18(2,16)17/h3-6H,13H2,1-2H3. The molecule has 0 aliphatic rings. The van der Waals surface area contributed by atoms with E-state index >= 15 is 0 Å². The van der Waals surface area contributed by atoms with Crippen molar-refractivity contribution in [3.63, 3.8) is 0 Å². The average molecular weight is 286 g/mol. The molecule has 7 heteroatoms. The van der Waals surface area contributed by atoms with Crippen molar-refractivity contribution in [3.8, 4) is 11.1 Å². The zero-order valence-electron chi connectivity index (χ0n) is 9.88. The Balaban J connectivity index is 2.57. The summed E-state index contributed by atoms with van der Waals surface area (Å²) in [6.45, 7) is 0. The minimum atomic E-state index is -3.32. The molecular weight excluding hydrogens is 274 g/mol. The van der Waals surface area contributed by atoms with E-state index < -0.39 is 9.84 Å². The molecule has 5 nitrogen and oxygen atoms in total. The Kier molecular flexibility index (Phi) is 3.08. The van der Waals surface area contributed by atoms with Crippen LogP contribution in [0.1, 0.15) is 0 Å². The van der Waals surface area contributed by atoms with Gasteiger partial charge < -0.3 is 5.73 Å². The Bertz CT molecular complexity index is 707. The van der Waals surface area contributed by atoms with E-state index in [9.17, 15) is 8.42 Å². The molecule has 1 heterocycles. The average Bonchev–Trinajstić information content (AvgIpc) is 2.58. The van der Waals surface area contributed by atoms with Gasteiger partial charge in [-0.1, -0.05) is 17.7 Å². The third kappa shape index (κ3) is 2.21. The van der Waals surface area contributed by atoms with Gasteiger partial charge in [-0.15, -0.1) is 0 Å². The monoisotopic (exact) mass is 285 g/mol. The predicted molar refractivity (Wildman–Crippen MR) is 71.2 cm³/mol. The summed E-state index contributed by atoms with van der Waals surface area (Å²) in [6, 6.07) is 4.71. The van der Waals surface area contributed by atoms with Crippen LogP contribution in [0.15, 0.2) is 29.3 Å². The summed E-state index contributed by atoms with van der Waals surface area (Å²) in [5, 5.41) is 4.20. The van der Waals surface area contributed by atoms with Crippen molar-refractivity contribution >= 4 is 27.3 Å². The predicted octanol–water partition coefficient (Wildman–Crippen LogP) is 1.73. The van der Waals surface area contributed by atoms with Gasteiger partial charge in [0.25, 0.3) is 0 Å². The Morgan fingerprint density at radius 1 is 1.39 bits per heavy atom. The van der Waals surface area contributed by atoms with E-state index in [1.54, 1.807) is 25.4 Å². The molecule has 0 radical (unpaired) electrons. The first-order valence-corrected chi connectivity index (χ1v) is 7.35. The van der Waals surface area contributed by atoms with Gasteiger partial charge in [0.05, 0.1) is 16.1 Å². The Hall–Kier alpha value is -1.53. The van der Waals surface area contributed by atoms with Gasteiger partial charge in [0, 0.05) is 18.9 Å². The van der Waals surface area contributed by atoms with Gasteiger partial charge >= 0.3 is 0 Å². The fourth-order valence-corrected chi connectivity index (χ4v) is 2.97. The summed E-state index contributed by atoms with van der Waals surface area (Å²) in [6.07, 6.45) is 2.73. The zero-order valence-corrected chi connectivity index (χ0v) is 11.5. The van der Waals surface area contributed by atoms with Gasteiger partial charge in [-0.05, 0) is 17.7 Å². The fourth-order valence-electron chi connectivity index (χ4n) is 1.64. The van der Waals surface area contributed by atoms with Crippen LogP contribution in [0.2, 0.25) is 5.02 Å². The molecular formula is C11H12ClN3O2S. The van der Waals surface area contributed by atoms with Crippen LogP contribution in [-0.2, 0) is 16.9 Å². The summed E-state index contributed by atoms with van der Waals surface area (Å²) in [5.74, 6) is 0.498. The fraction of sp³-hybridized carbons (Fsp3) is 0.182. The highest BCUT2D eigenvalue weighted by Gasteiger charge is 2.14. The molecule has 2 aromatic rings. The lowest BCUT2D eigenvalue weighted by atomic mass is 10.1. The van der Waals surface area contributed by atoms with Gasteiger partial charge in [-0.25, -0.2) is 8.42 Å². The zero-order chi connectivity index (χ0) is 13.5. The summed E-state index contributed by atoms with van der Waals surface area (Å²) in [7, 11) is -1.59. The number of sulfone groups is 1. The minimum Gasteiger partial charge on any atom is -0.383 e. The Morgan fingerprint density at radius 3 is 2.50 bits per heavy atom. The molecule has 0 aliphatic carbocycles.